The van der Waals surface area contributed by atoms with Crippen molar-refractivity contribution in [1.29, 1.82) is 15.8 Å². The number of nitrogens with zero attached hydrogens (tertiary/aromatic N) is 5. The minimum Gasteiger partial charge on any atom is -0.309 e. The lowest BCUT2D eigenvalue weighted by atomic mass is 9.92. The van der Waals surface area contributed by atoms with Gasteiger partial charge < -0.3 is 9.13 Å². The highest BCUT2D eigenvalue weighted by molar-refractivity contribution is 6.11. The molecule has 2 heterocycles. The smallest absolute Gasteiger partial charge is 0.0992 e. The molecule has 9 rings (SSSR count). The van der Waals surface area contributed by atoms with E-state index in [9.17, 15) is 15.8 Å². The van der Waals surface area contributed by atoms with Gasteiger partial charge in [-0.25, -0.2) is 0 Å². The van der Waals surface area contributed by atoms with Gasteiger partial charge in [0.15, 0.2) is 0 Å². The number of aromatic nitrogens is 2. The van der Waals surface area contributed by atoms with Crippen molar-refractivity contribution < 1.29 is 0 Å². The van der Waals surface area contributed by atoms with Crippen molar-refractivity contribution in [2.45, 2.75) is 0 Å². The Morgan fingerprint density at radius 1 is 0.360 bits per heavy atom. The zero-order valence-electron chi connectivity index (χ0n) is 26.7. The van der Waals surface area contributed by atoms with Gasteiger partial charge in [0, 0.05) is 32.8 Å². The highest BCUT2D eigenvalue weighted by Gasteiger charge is 2.19. The zero-order valence-corrected chi connectivity index (χ0v) is 26.7. The summed E-state index contributed by atoms with van der Waals surface area (Å²) < 4.78 is 4.45. The summed E-state index contributed by atoms with van der Waals surface area (Å²) in [5, 5.41) is 33.6. The normalized spacial score (nSPS) is 11.1. The lowest BCUT2D eigenvalue weighted by molar-refractivity contribution is 1.18. The molecule has 0 aliphatic rings. The number of benzene rings is 7. The zero-order chi connectivity index (χ0) is 33.8. The molecule has 0 radical (unpaired) electrons. The molecule has 230 valence electrons. The first kappa shape index (κ1) is 28.8. The maximum Gasteiger partial charge on any atom is 0.0992 e. The van der Waals surface area contributed by atoms with Gasteiger partial charge in [-0.2, -0.15) is 15.8 Å². The Bertz CT molecular complexity index is 2900. The van der Waals surface area contributed by atoms with Gasteiger partial charge in [-0.05, 0) is 89.5 Å². The van der Waals surface area contributed by atoms with E-state index in [1.165, 1.54) is 10.8 Å². The van der Waals surface area contributed by atoms with Crippen LogP contribution in [0.4, 0.5) is 0 Å². The number of para-hydroxylation sites is 2. The summed E-state index contributed by atoms with van der Waals surface area (Å²) in [6.45, 7) is 0. The van der Waals surface area contributed by atoms with E-state index in [0.29, 0.717) is 16.7 Å². The third kappa shape index (κ3) is 4.38. The van der Waals surface area contributed by atoms with Crippen molar-refractivity contribution in [2.75, 3.05) is 0 Å². The van der Waals surface area contributed by atoms with Crippen molar-refractivity contribution >= 4 is 43.6 Å². The Kier molecular flexibility index (Phi) is 6.56. The van der Waals surface area contributed by atoms with Crippen LogP contribution in [0.3, 0.4) is 0 Å². The minimum atomic E-state index is 0.575. The molecule has 0 saturated carbocycles. The lowest BCUT2D eigenvalue weighted by Crippen LogP contribution is -1.99. The van der Waals surface area contributed by atoms with Crippen molar-refractivity contribution in [1.82, 2.24) is 9.13 Å². The van der Waals surface area contributed by atoms with Crippen LogP contribution in [0.5, 0.6) is 0 Å². The van der Waals surface area contributed by atoms with Gasteiger partial charge in [-0.3, -0.25) is 0 Å². The Morgan fingerprint density at radius 2 is 0.900 bits per heavy atom. The predicted molar refractivity (Wildman–Crippen MR) is 200 cm³/mol. The van der Waals surface area contributed by atoms with E-state index in [-0.39, 0.29) is 0 Å². The van der Waals surface area contributed by atoms with Gasteiger partial charge in [-0.15, -0.1) is 0 Å². The predicted octanol–water partition coefficient (Wildman–Crippen LogP) is 10.8. The fourth-order valence-corrected chi connectivity index (χ4v) is 7.40. The third-order valence-electron chi connectivity index (χ3n) is 9.62. The molecule has 9 aromatic rings. The van der Waals surface area contributed by atoms with E-state index >= 15 is 0 Å². The molecule has 7 aromatic carbocycles. The first-order valence-electron chi connectivity index (χ1n) is 16.3. The lowest BCUT2D eigenvalue weighted by Gasteiger charge is -2.18. The van der Waals surface area contributed by atoms with Crippen LogP contribution in [0.2, 0.25) is 0 Å². The van der Waals surface area contributed by atoms with E-state index < -0.39 is 0 Å². The molecule has 0 N–H and O–H groups in total. The standard InChI is InChI=1S/C45H25N5/c46-26-29-15-22-44(50-41-11-5-3-9-36(41)37-10-4-6-12-42(37)50)39(23-29)35-8-2-1-7-34(35)32-16-18-33(19-17-32)49-43-21-14-30(27-47)24-40(43)38-20-13-31(28-48)25-45(38)49/h1-25H. The van der Waals surface area contributed by atoms with E-state index in [1.807, 2.05) is 60.7 Å². The van der Waals surface area contributed by atoms with Crippen molar-refractivity contribution in [2.24, 2.45) is 0 Å². The molecule has 0 saturated heterocycles. The number of nitriles is 3. The molecule has 0 amide bonds. The SMILES string of the molecule is N#Cc1ccc(-n2c3ccccc3c3ccccc32)c(-c2ccccc2-c2ccc(-n3c4ccc(C#N)cc4c4ccc(C#N)cc43)cc2)c1. The molecule has 0 atom stereocenters. The van der Waals surface area contributed by atoms with Gasteiger partial charge in [0.2, 0.25) is 0 Å². The average Bonchev–Trinajstić information content (AvgIpc) is 3.69. The molecule has 0 aliphatic carbocycles. The maximum absolute atomic E-state index is 10.0. The van der Waals surface area contributed by atoms with Gasteiger partial charge in [0.05, 0.1) is 62.7 Å². The van der Waals surface area contributed by atoms with Crippen LogP contribution in [0.15, 0.2) is 152 Å². The van der Waals surface area contributed by atoms with Crippen LogP contribution in [-0.4, -0.2) is 9.13 Å². The van der Waals surface area contributed by atoms with Crippen LogP contribution in [0.1, 0.15) is 16.7 Å². The van der Waals surface area contributed by atoms with Gasteiger partial charge in [0.25, 0.3) is 0 Å². The molecule has 0 unspecified atom stereocenters. The Labute approximate surface area is 287 Å². The summed E-state index contributed by atoms with van der Waals surface area (Å²) in [7, 11) is 0. The molecule has 0 spiro atoms. The van der Waals surface area contributed by atoms with Crippen LogP contribution in [0.25, 0.3) is 77.2 Å². The number of rotatable bonds is 4. The Balaban J connectivity index is 1.23. The van der Waals surface area contributed by atoms with Crippen LogP contribution >= 0.6 is 0 Å². The van der Waals surface area contributed by atoms with Crippen LogP contribution < -0.4 is 0 Å². The fraction of sp³-hybridized carbons (Fsp3) is 0. The molecule has 0 fully saturated rings. The van der Waals surface area contributed by atoms with Crippen molar-refractivity contribution in [3.63, 3.8) is 0 Å². The number of hydrogen-bond acceptors (Lipinski definition) is 3. The second-order valence-electron chi connectivity index (χ2n) is 12.3. The molecular formula is C45H25N5. The summed E-state index contributed by atoms with van der Waals surface area (Å²) in [6.07, 6.45) is 0. The Morgan fingerprint density at radius 3 is 1.60 bits per heavy atom. The van der Waals surface area contributed by atoms with Gasteiger partial charge in [0.1, 0.15) is 0 Å². The molecule has 2 aromatic heterocycles. The van der Waals surface area contributed by atoms with E-state index in [1.54, 1.807) is 0 Å². The number of hydrogen-bond donors (Lipinski definition) is 0. The Hall–Kier alpha value is -7.39. The monoisotopic (exact) mass is 635 g/mol. The first-order valence-corrected chi connectivity index (χ1v) is 16.3. The van der Waals surface area contributed by atoms with Gasteiger partial charge >= 0.3 is 0 Å². The van der Waals surface area contributed by atoms with Gasteiger partial charge in [-0.1, -0.05) is 78.9 Å². The highest BCUT2D eigenvalue weighted by atomic mass is 15.0. The van der Waals surface area contributed by atoms with E-state index in [2.05, 4.69) is 118 Å². The van der Waals surface area contributed by atoms with E-state index in [0.717, 1.165) is 66.5 Å². The average molecular weight is 636 g/mol. The molecule has 0 bridgehead atoms. The van der Waals surface area contributed by atoms with Crippen molar-refractivity contribution in [3.05, 3.63) is 168 Å². The maximum atomic E-state index is 10.0. The summed E-state index contributed by atoms with van der Waals surface area (Å²) >= 11 is 0. The highest BCUT2D eigenvalue weighted by Crippen LogP contribution is 2.41. The molecular weight excluding hydrogens is 611 g/mol. The van der Waals surface area contributed by atoms with Crippen molar-refractivity contribution in [3.8, 4) is 51.8 Å². The molecule has 5 nitrogen and oxygen atoms in total. The summed E-state index contributed by atoms with van der Waals surface area (Å²) in [5.41, 5.74) is 11.9. The molecule has 50 heavy (non-hydrogen) atoms. The van der Waals surface area contributed by atoms with Crippen LogP contribution in [0, 0.1) is 34.0 Å². The second-order valence-corrected chi connectivity index (χ2v) is 12.3. The van der Waals surface area contributed by atoms with Crippen LogP contribution in [-0.2, 0) is 0 Å². The van der Waals surface area contributed by atoms with E-state index in [4.69, 9.17) is 0 Å². The summed E-state index contributed by atoms with van der Waals surface area (Å²) in [5.74, 6) is 0. The topological polar surface area (TPSA) is 81.2 Å². The largest absolute Gasteiger partial charge is 0.309 e. The first-order chi connectivity index (χ1) is 24.7. The minimum absolute atomic E-state index is 0.575. The fourth-order valence-electron chi connectivity index (χ4n) is 7.40. The molecule has 5 heteroatoms. The molecule has 0 aliphatic heterocycles. The summed E-state index contributed by atoms with van der Waals surface area (Å²) in [6, 6.07) is 57.9. The number of fused-ring (bicyclic) bond motifs is 6. The quantitative estimate of drug-likeness (QED) is 0.193. The third-order valence-corrected chi connectivity index (χ3v) is 9.62. The summed E-state index contributed by atoms with van der Waals surface area (Å²) in [4.78, 5) is 0. The second kappa shape index (κ2) is 11.4.